The molecule has 20 heavy (non-hydrogen) atoms. The highest BCUT2D eigenvalue weighted by molar-refractivity contribution is 9.10. The normalized spacial score (nSPS) is 15.1. The third-order valence-corrected chi connectivity index (χ3v) is 5.80. The van der Waals surface area contributed by atoms with Crippen LogP contribution in [0.3, 0.4) is 0 Å². The highest BCUT2D eigenvalue weighted by Crippen LogP contribution is 2.21. The van der Waals surface area contributed by atoms with Gasteiger partial charge in [-0.15, -0.1) is 0 Å². The first-order valence-electron chi connectivity index (χ1n) is 6.62. The summed E-state index contributed by atoms with van der Waals surface area (Å²) in [6.45, 7) is 4.45. The molecule has 6 heteroatoms. The van der Waals surface area contributed by atoms with Crippen molar-refractivity contribution in [3.63, 3.8) is 0 Å². The topological polar surface area (TPSA) is 46.2 Å². The van der Waals surface area contributed by atoms with Gasteiger partial charge in [0, 0.05) is 16.8 Å². The third-order valence-electron chi connectivity index (χ3n) is 3.35. The summed E-state index contributed by atoms with van der Waals surface area (Å²) in [7, 11) is -3.15. The largest absolute Gasteiger partial charge is 0.312 e. The fraction of sp³-hybridized carbons (Fsp3) is 0.571. The highest BCUT2D eigenvalue weighted by atomic mass is 79.9. The summed E-state index contributed by atoms with van der Waals surface area (Å²) >= 11 is 3.38. The molecular weight excluding hydrogens is 345 g/mol. The summed E-state index contributed by atoms with van der Waals surface area (Å²) in [5.74, 6) is -0.315. The maximum Gasteiger partial charge on any atom is 0.151 e. The Morgan fingerprint density at radius 1 is 1.40 bits per heavy atom. The molecular formula is C14H21BrFNO2S. The second-order valence-corrected chi connectivity index (χ2v) is 8.29. The van der Waals surface area contributed by atoms with E-state index in [1.807, 2.05) is 6.92 Å². The van der Waals surface area contributed by atoms with Crippen molar-refractivity contribution in [2.24, 2.45) is 0 Å². The molecule has 0 saturated carbocycles. The molecule has 2 unspecified atom stereocenters. The summed E-state index contributed by atoms with van der Waals surface area (Å²) in [4.78, 5) is 0. The van der Waals surface area contributed by atoms with E-state index in [9.17, 15) is 12.8 Å². The average molecular weight is 366 g/mol. The summed E-state index contributed by atoms with van der Waals surface area (Å²) in [5, 5.41) is 2.72. The van der Waals surface area contributed by atoms with Crippen LogP contribution in [0.25, 0.3) is 0 Å². The highest BCUT2D eigenvalue weighted by Gasteiger charge is 2.26. The predicted molar refractivity (Wildman–Crippen MR) is 84.2 cm³/mol. The molecule has 1 aromatic rings. The van der Waals surface area contributed by atoms with Crippen LogP contribution in [0.1, 0.15) is 25.8 Å². The van der Waals surface area contributed by atoms with E-state index in [1.54, 1.807) is 13.0 Å². The van der Waals surface area contributed by atoms with Gasteiger partial charge in [0.2, 0.25) is 0 Å². The van der Waals surface area contributed by atoms with Gasteiger partial charge in [0.05, 0.1) is 5.25 Å². The molecule has 0 fully saturated rings. The molecule has 1 aromatic carbocycles. The van der Waals surface area contributed by atoms with E-state index in [-0.39, 0.29) is 11.9 Å². The van der Waals surface area contributed by atoms with Gasteiger partial charge in [-0.1, -0.05) is 22.9 Å². The van der Waals surface area contributed by atoms with Crippen LogP contribution in [0.4, 0.5) is 4.39 Å². The first kappa shape index (κ1) is 17.6. The standard InChI is InChI=1S/C14H21BrFNO2S/c1-4-7-17-14(10(2)20(3,18)19)9-11-8-12(16)5-6-13(11)15/h5-6,8,10,14,17H,4,7,9H2,1-3H3. The fourth-order valence-corrected chi connectivity index (χ4v) is 3.17. The molecule has 1 rings (SSSR count). The van der Waals surface area contributed by atoms with Crippen LogP contribution in [0.2, 0.25) is 0 Å². The fourth-order valence-electron chi connectivity index (χ4n) is 1.97. The maximum absolute atomic E-state index is 13.3. The number of hydrogen-bond acceptors (Lipinski definition) is 3. The molecule has 2 atom stereocenters. The van der Waals surface area contributed by atoms with Crippen molar-refractivity contribution in [1.29, 1.82) is 0 Å². The van der Waals surface area contributed by atoms with Crippen LogP contribution in [0.15, 0.2) is 22.7 Å². The van der Waals surface area contributed by atoms with E-state index in [1.165, 1.54) is 18.4 Å². The Labute approximate surface area is 129 Å². The van der Waals surface area contributed by atoms with Gasteiger partial charge in [-0.3, -0.25) is 0 Å². The number of hydrogen-bond donors (Lipinski definition) is 1. The Balaban J connectivity index is 2.97. The first-order valence-corrected chi connectivity index (χ1v) is 9.36. The lowest BCUT2D eigenvalue weighted by molar-refractivity contribution is 0.480. The average Bonchev–Trinajstić information content (AvgIpc) is 2.36. The van der Waals surface area contributed by atoms with E-state index in [0.717, 1.165) is 23.0 Å². The summed E-state index contributed by atoms with van der Waals surface area (Å²) in [5.41, 5.74) is 0.772. The second kappa shape index (κ2) is 7.52. The SMILES string of the molecule is CCCNC(Cc1cc(F)ccc1Br)C(C)S(C)(=O)=O. The quantitative estimate of drug-likeness (QED) is 0.807. The second-order valence-electron chi connectivity index (χ2n) is 5.04. The monoisotopic (exact) mass is 365 g/mol. The summed E-state index contributed by atoms with van der Waals surface area (Å²) in [6.07, 6.45) is 2.61. The predicted octanol–water partition coefficient (Wildman–Crippen LogP) is 2.93. The molecule has 0 aliphatic rings. The molecule has 114 valence electrons. The zero-order valence-electron chi connectivity index (χ0n) is 12.0. The number of nitrogens with one attached hydrogen (secondary N) is 1. The molecule has 0 aliphatic carbocycles. The summed E-state index contributed by atoms with van der Waals surface area (Å²) < 4.78 is 37.6. The lowest BCUT2D eigenvalue weighted by Gasteiger charge is -2.24. The van der Waals surface area contributed by atoms with Crippen LogP contribution < -0.4 is 5.32 Å². The van der Waals surface area contributed by atoms with E-state index in [0.29, 0.717) is 6.42 Å². The molecule has 3 nitrogen and oxygen atoms in total. The van der Waals surface area contributed by atoms with Crippen molar-refractivity contribution in [2.45, 2.75) is 38.0 Å². The van der Waals surface area contributed by atoms with Gasteiger partial charge in [0.15, 0.2) is 9.84 Å². The zero-order valence-corrected chi connectivity index (χ0v) is 14.4. The van der Waals surface area contributed by atoms with Gasteiger partial charge < -0.3 is 5.32 Å². The minimum Gasteiger partial charge on any atom is -0.312 e. The first-order chi connectivity index (χ1) is 9.25. The van der Waals surface area contributed by atoms with Gasteiger partial charge in [-0.2, -0.15) is 0 Å². The molecule has 0 amide bonds. The molecule has 1 N–H and O–H groups in total. The lowest BCUT2D eigenvalue weighted by atomic mass is 10.0. The smallest absolute Gasteiger partial charge is 0.151 e. The van der Waals surface area contributed by atoms with Crippen LogP contribution >= 0.6 is 15.9 Å². The van der Waals surface area contributed by atoms with Gasteiger partial charge >= 0.3 is 0 Å². The molecule has 0 heterocycles. The Kier molecular flexibility index (Phi) is 6.61. The van der Waals surface area contributed by atoms with Crippen molar-refractivity contribution >= 4 is 25.8 Å². The van der Waals surface area contributed by atoms with Crippen LogP contribution in [0.5, 0.6) is 0 Å². The number of sulfone groups is 1. The van der Waals surface area contributed by atoms with Gasteiger partial charge in [0.25, 0.3) is 0 Å². The molecule has 0 spiro atoms. The minimum atomic E-state index is -3.15. The number of halogens is 2. The van der Waals surface area contributed by atoms with E-state index >= 15 is 0 Å². The Morgan fingerprint density at radius 2 is 2.05 bits per heavy atom. The van der Waals surface area contributed by atoms with Crippen molar-refractivity contribution in [1.82, 2.24) is 5.32 Å². The van der Waals surface area contributed by atoms with E-state index in [4.69, 9.17) is 0 Å². The number of benzene rings is 1. The maximum atomic E-state index is 13.3. The Morgan fingerprint density at radius 3 is 2.60 bits per heavy atom. The zero-order chi connectivity index (χ0) is 15.3. The molecule has 0 bridgehead atoms. The molecule has 0 aliphatic heterocycles. The minimum absolute atomic E-state index is 0.233. The number of rotatable bonds is 7. The lowest BCUT2D eigenvalue weighted by Crippen LogP contribution is -2.44. The van der Waals surface area contributed by atoms with Crippen LogP contribution in [0, 0.1) is 5.82 Å². The van der Waals surface area contributed by atoms with Crippen LogP contribution in [-0.2, 0) is 16.3 Å². The van der Waals surface area contributed by atoms with Gasteiger partial charge in [0.1, 0.15) is 5.82 Å². The van der Waals surface area contributed by atoms with Crippen molar-refractivity contribution < 1.29 is 12.8 Å². The van der Waals surface area contributed by atoms with Crippen molar-refractivity contribution in [3.8, 4) is 0 Å². The molecule has 0 aromatic heterocycles. The van der Waals surface area contributed by atoms with Crippen molar-refractivity contribution in [3.05, 3.63) is 34.1 Å². The van der Waals surface area contributed by atoms with Crippen LogP contribution in [-0.4, -0.2) is 32.5 Å². The van der Waals surface area contributed by atoms with Gasteiger partial charge in [-0.05, 0) is 50.1 Å². The summed E-state index contributed by atoms with van der Waals surface area (Å²) in [6, 6.07) is 4.23. The molecule has 0 saturated heterocycles. The Bertz CT molecular complexity index is 548. The Hall–Kier alpha value is -0.460. The van der Waals surface area contributed by atoms with Crippen molar-refractivity contribution in [2.75, 3.05) is 12.8 Å². The molecule has 0 radical (unpaired) electrons. The van der Waals surface area contributed by atoms with Gasteiger partial charge in [-0.25, -0.2) is 12.8 Å². The van der Waals surface area contributed by atoms with E-state index < -0.39 is 15.1 Å². The van der Waals surface area contributed by atoms with E-state index in [2.05, 4.69) is 21.2 Å². The third kappa shape index (κ3) is 5.14.